The lowest BCUT2D eigenvalue weighted by Crippen LogP contribution is -2.38. The molecule has 1 aliphatic rings. The second-order valence-electron chi connectivity index (χ2n) is 5.76. The topological polar surface area (TPSA) is 33.3 Å². The molecule has 1 aliphatic carbocycles. The van der Waals surface area contributed by atoms with Crippen LogP contribution in [0, 0.1) is 0 Å². The maximum Gasteiger partial charge on any atom is 0.170 e. The minimum absolute atomic E-state index is 0.510. The van der Waals surface area contributed by atoms with Gasteiger partial charge in [0, 0.05) is 11.7 Å². The van der Waals surface area contributed by atoms with Gasteiger partial charge in [0.15, 0.2) is 5.11 Å². The summed E-state index contributed by atoms with van der Waals surface area (Å²) in [6, 6.07) is 8.33. The maximum absolute atomic E-state index is 5.47. The molecule has 0 atom stereocenters. The van der Waals surface area contributed by atoms with Crippen LogP contribution in [0.5, 0.6) is 5.75 Å². The minimum Gasteiger partial charge on any atom is -0.490 e. The first-order chi connectivity index (χ1) is 10.8. The van der Waals surface area contributed by atoms with Crippen LogP contribution < -0.4 is 15.4 Å². The van der Waals surface area contributed by atoms with Crippen LogP contribution in [0.25, 0.3) is 0 Å². The number of ether oxygens (including phenoxy) is 1. The Morgan fingerprint density at radius 2 is 1.77 bits per heavy atom. The first kappa shape index (κ1) is 16.8. The van der Waals surface area contributed by atoms with E-state index in [1.54, 1.807) is 6.08 Å². The molecule has 0 bridgehead atoms. The molecule has 0 radical (unpaired) electrons. The standard InChI is InChI=1S/C18H26N2OS/c1-2-14-21-17-12-10-16(11-13-17)20-18(22)19-15-8-6-4-3-5-7-9-15/h2,10-13,15H,1,3-9,14H2,(H2,19,20,22). The number of benzene rings is 1. The third-order valence-electron chi connectivity index (χ3n) is 3.92. The number of thiocarbonyl (C=S) groups is 1. The van der Waals surface area contributed by atoms with Crippen molar-refractivity contribution in [2.75, 3.05) is 11.9 Å². The molecule has 1 aromatic carbocycles. The molecular weight excluding hydrogens is 292 g/mol. The number of anilines is 1. The highest BCUT2D eigenvalue weighted by molar-refractivity contribution is 7.80. The summed E-state index contributed by atoms with van der Waals surface area (Å²) < 4.78 is 5.47. The Labute approximate surface area is 139 Å². The van der Waals surface area contributed by atoms with Crippen molar-refractivity contribution in [1.29, 1.82) is 0 Å². The summed E-state index contributed by atoms with van der Waals surface area (Å²) in [4.78, 5) is 0. The number of rotatable bonds is 5. The molecule has 1 saturated carbocycles. The SMILES string of the molecule is C=CCOc1ccc(NC(=S)NC2CCCCCCC2)cc1. The summed E-state index contributed by atoms with van der Waals surface area (Å²) >= 11 is 5.43. The van der Waals surface area contributed by atoms with Gasteiger partial charge in [0.25, 0.3) is 0 Å². The van der Waals surface area contributed by atoms with Gasteiger partial charge in [0.1, 0.15) is 12.4 Å². The van der Waals surface area contributed by atoms with Crippen molar-refractivity contribution in [3.8, 4) is 5.75 Å². The van der Waals surface area contributed by atoms with E-state index in [0.29, 0.717) is 17.8 Å². The third-order valence-corrected chi connectivity index (χ3v) is 4.14. The van der Waals surface area contributed by atoms with Crippen LogP contribution in [0.2, 0.25) is 0 Å². The lowest BCUT2D eigenvalue weighted by atomic mass is 9.97. The summed E-state index contributed by atoms with van der Waals surface area (Å²) in [7, 11) is 0. The lowest BCUT2D eigenvalue weighted by molar-refractivity contribution is 0.363. The monoisotopic (exact) mass is 318 g/mol. The van der Waals surface area contributed by atoms with E-state index < -0.39 is 0 Å². The Morgan fingerprint density at radius 1 is 1.14 bits per heavy atom. The first-order valence-corrected chi connectivity index (χ1v) is 8.60. The lowest BCUT2D eigenvalue weighted by Gasteiger charge is -2.22. The Kier molecular flexibility index (Phi) is 7.23. The van der Waals surface area contributed by atoms with Crippen LogP contribution >= 0.6 is 12.2 Å². The van der Waals surface area contributed by atoms with Gasteiger partial charge in [-0.2, -0.15) is 0 Å². The molecule has 1 aromatic rings. The zero-order chi connectivity index (χ0) is 15.6. The average molecular weight is 318 g/mol. The van der Waals surface area contributed by atoms with E-state index in [9.17, 15) is 0 Å². The Hall–Kier alpha value is -1.55. The fourth-order valence-electron chi connectivity index (χ4n) is 2.74. The zero-order valence-corrected chi connectivity index (χ0v) is 14.0. The molecular formula is C18H26N2OS. The first-order valence-electron chi connectivity index (χ1n) is 8.19. The van der Waals surface area contributed by atoms with E-state index in [-0.39, 0.29) is 0 Å². The average Bonchev–Trinajstić information content (AvgIpc) is 2.49. The minimum atomic E-state index is 0.510. The molecule has 22 heavy (non-hydrogen) atoms. The normalized spacial score (nSPS) is 16.2. The zero-order valence-electron chi connectivity index (χ0n) is 13.1. The molecule has 0 aliphatic heterocycles. The number of nitrogens with one attached hydrogen (secondary N) is 2. The smallest absolute Gasteiger partial charge is 0.170 e. The van der Waals surface area contributed by atoms with Crippen LogP contribution in [0.1, 0.15) is 44.9 Å². The molecule has 3 nitrogen and oxygen atoms in total. The van der Waals surface area contributed by atoms with E-state index in [1.807, 2.05) is 24.3 Å². The highest BCUT2D eigenvalue weighted by Gasteiger charge is 2.12. The Bertz CT molecular complexity index is 464. The molecule has 0 unspecified atom stereocenters. The molecule has 1 fully saturated rings. The molecule has 0 amide bonds. The largest absolute Gasteiger partial charge is 0.490 e. The Morgan fingerprint density at radius 3 is 2.41 bits per heavy atom. The fourth-order valence-corrected chi connectivity index (χ4v) is 3.03. The van der Waals surface area contributed by atoms with E-state index in [0.717, 1.165) is 11.4 Å². The molecule has 2 N–H and O–H groups in total. The Balaban J connectivity index is 1.79. The van der Waals surface area contributed by atoms with Crippen LogP contribution in [-0.4, -0.2) is 17.8 Å². The maximum atomic E-state index is 5.47. The fraction of sp³-hybridized carbons (Fsp3) is 0.500. The van der Waals surface area contributed by atoms with Gasteiger partial charge in [0.2, 0.25) is 0 Å². The van der Waals surface area contributed by atoms with Gasteiger partial charge < -0.3 is 15.4 Å². The van der Waals surface area contributed by atoms with Crippen molar-refractivity contribution in [2.45, 2.75) is 51.0 Å². The van der Waals surface area contributed by atoms with Gasteiger partial charge in [-0.15, -0.1) is 0 Å². The van der Waals surface area contributed by atoms with Crippen molar-refractivity contribution in [1.82, 2.24) is 5.32 Å². The molecule has 0 aromatic heterocycles. The predicted molar refractivity (Wildman–Crippen MR) is 97.6 cm³/mol. The van der Waals surface area contributed by atoms with Gasteiger partial charge in [-0.25, -0.2) is 0 Å². The van der Waals surface area contributed by atoms with Crippen molar-refractivity contribution in [3.63, 3.8) is 0 Å². The molecule has 0 spiro atoms. The second-order valence-corrected chi connectivity index (χ2v) is 6.17. The van der Waals surface area contributed by atoms with Crippen LogP contribution in [0.15, 0.2) is 36.9 Å². The van der Waals surface area contributed by atoms with Crippen LogP contribution in [0.3, 0.4) is 0 Å². The van der Waals surface area contributed by atoms with Crippen LogP contribution in [-0.2, 0) is 0 Å². The van der Waals surface area contributed by atoms with Gasteiger partial charge in [0.05, 0.1) is 0 Å². The van der Waals surface area contributed by atoms with E-state index >= 15 is 0 Å². The molecule has 0 saturated heterocycles. The highest BCUT2D eigenvalue weighted by Crippen LogP contribution is 2.18. The van der Waals surface area contributed by atoms with Gasteiger partial charge >= 0.3 is 0 Å². The van der Waals surface area contributed by atoms with Crippen molar-refractivity contribution in [3.05, 3.63) is 36.9 Å². The van der Waals surface area contributed by atoms with Crippen LogP contribution in [0.4, 0.5) is 5.69 Å². The van der Waals surface area contributed by atoms with Gasteiger partial charge in [-0.3, -0.25) is 0 Å². The molecule has 2 rings (SSSR count). The predicted octanol–water partition coefficient (Wildman–Crippen LogP) is 4.65. The molecule has 120 valence electrons. The number of hydrogen-bond donors (Lipinski definition) is 2. The van der Waals surface area contributed by atoms with Gasteiger partial charge in [-0.1, -0.05) is 44.8 Å². The summed E-state index contributed by atoms with van der Waals surface area (Å²) in [5, 5.41) is 7.43. The van der Waals surface area contributed by atoms with E-state index in [2.05, 4.69) is 17.2 Å². The quantitative estimate of drug-likeness (QED) is 0.611. The van der Waals surface area contributed by atoms with Crippen molar-refractivity contribution >= 4 is 23.0 Å². The van der Waals surface area contributed by atoms with Crippen molar-refractivity contribution < 1.29 is 4.74 Å². The third kappa shape index (κ3) is 6.06. The summed E-state index contributed by atoms with van der Waals surface area (Å²) in [6.07, 6.45) is 10.9. The second kappa shape index (κ2) is 9.46. The van der Waals surface area contributed by atoms with E-state index in [1.165, 1.54) is 44.9 Å². The summed E-state index contributed by atoms with van der Waals surface area (Å²) in [5.41, 5.74) is 0.981. The van der Waals surface area contributed by atoms with Crippen molar-refractivity contribution in [2.24, 2.45) is 0 Å². The van der Waals surface area contributed by atoms with Gasteiger partial charge in [-0.05, 0) is 49.3 Å². The highest BCUT2D eigenvalue weighted by atomic mass is 32.1. The molecule has 0 heterocycles. The number of hydrogen-bond acceptors (Lipinski definition) is 2. The molecule has 4 heteroatoms. The van der Waals surface area contributed by atoms with E-state index in [4.69, 9.17) is 17.0 Å². The summed E-state index contributed by atoms with van der Waals surface area (Å²) in [6.45, 7) is 4.16. The summed E-state index contributed by atoms with van der Waals surface area (Å²) in [5.74, 6) is 0.837.